The molecule has 10 heterocycles. The van der Waals surface area contributed by atoms with Gasteiger partial charge in [0, 0.05) is 199 Å². The molecule has 0 aliphatic carbocycles. The number of hydrogen-bond donors (Lipinski definition) is 8. The van der Waals surface area contributed by atoms with Crippen molar-refractivity contribution in [2.24, 2.45) is 5.73 Å². The summed E-state index contributed by atoms with van der Waals surface area (Å²) in [5.74, 6) is -2.90. The summed E-state index contributed by atoms with van der Waals surface area (Å²) in [7, 11) is 0. The average molecular weight is 1630 g/mol. The van der Waals surface area contributed by atoms with E-state index in [0.29, 0.717) is 88.2 Å². The SMILES string of the molecule is C.CCc1nc2c(cnn2CC)c(NC2CCOCC2)c1CNC(=O)c1ccnc(C(=O)NCc2ccc(F)c(-c3cccc(CN4CCN[C@@H](C)C4)c3)c2)c1.CCc1nc2c(cnn2CC)c(NC2CCOCC2)c1CNC(=O)c1ccnc(C(=O)O)c1.C[C@H]1CN(Cc2cccc(-c3cc(CN)ccc3F)c2)CCN1C(=O)OC(C)(C)C. The quantitative estimate of drug-likeness (QED) is 0.0263. The molecule has 4 saturated heterocycles. The number of aromatic carboxylic acids is 1. The minimum absolute atomic E-state index is 0. The molecule has 10 aromatic rings. The summed E-state index contributed by atoms with van der Waals surface area (Å²) in [5, 5.41) is 39.8. The van der Waals surface area contributed by atoms with Crippen molar-refractivity contribution in [1.82, 2.24) is 75.5 Å². The molecule has 0 radical (unpaired) electrons. The Morgan fingerprint density at radius 1 is 0.588 bits per heavy atom. The molecule has 632 valence electrons. The van der Waals surface area contributed by atoms with E-state index in [-0.39, 0.29) is 91.7 Å². The van der Waals surface area contributed by atoms with Crippen molar-refractivity contribution < 1.29 is 52.1 Å². The number of aromatic nitrogens is 8. The first-order valence-electron chi connectivity index (χ1n) is 41.0. The first-order chi connectivity index (χ1) is 57.0. The highest BCUT2D eigenvalue weighted by atomic mass is 19.1. The van der Waals surface area contributed by atoms with Crippen molar-refractivity contribution in [3.8, 4) is 22.3 Å². The third kappa shape index (κ3) is 23.0. The van der Waals surface area contributed by atoms with Crippen LogP contribution in [0.15, 0.2) is 134 Å². The van der Waals surface area contributed by atoms with E-state index < -0.39 is 17.5 Å². The van der Waals surface area contributed by atoms with Gasteiger partial charge in [0.1, 0.15) is 28.6 Å². The number of anilines is 2. The Hall–Kier alpha value is -11.2. The molecule has 119 heavy (non-hydrogen) atoms. The third-order valence-electron chi connectivity index (χ3n) is 21.5. The molecule has 6 aromatic heterocycles. The number of ether oxygens (including phenoxy) is 3. The molecule has 9 N–H and O–H groups in total. The lowest BCUT2D eigenvalue weighted by Gasteiger charge is -2.40. The van der Waals surface area contributed by atoms with Gasteiger partial charge in [-0.1, -0.05) is 69.8 Å². The summed E-state index contributed by atoms with van der Waals surface area (Å²) in [5.41, 5.74) is 19.4. The van der Waals surface area contributed by atoms with Crippen LogP contribution in [0.25, 0.3) is 44.3 Å². The predicted molar refractivity (Wildman–Crippen MR) is 458 cm³/mol. The van der Waals surface area contributed by atoms with E-state index >= 15 is 4.39 Å². The number of nitrogens with zero attached hydrogens (tertiary/aromatic N) is 11. The zero-order chi connectivity index (χ0) is 83.6. The van der Waals surface area contributed by atoms with Crippen LogP contribution in [0, 0.1) is 11.6 Å². The minimum Gasteiger partial charge on any atom is -0.477 e. The molecule has 0 spiro atoms. The third-order valence-corrected chi connectivity index (χ3v) is 21.5. The molecule has 0 unspecified atom stereocenters. The van der Waals surface area contributed by atoms with Gasteiger partial charge >= 0.3 is 12.1 Å². The maximum atomic E-state index is 15.1. The highest BCUT2D eigenvalue weighted by Crippen LogP contribution is 2.35. The molecular formula is C90H114F2N18O9. The number of hydrogen-bond acceptors (Lipinski definition) is 20. The molecule has 2 atom stereocenters. The van der Waals surface area contributed by atoms with E-state index in [2.05, 4.69) is 87.8 Å². The second kappa shape index (κ2) is 41.5. The van der Waals surface area contributed by atoms with Gasteiger partial charge < -0.3 is 61.9 Å². The predicted octanol–water partition coefficient (Wildman–Crippen LogP) is 13.1. The van der Waals surface area contributed by atoms with Crippen molar-refractivity contribution in [3.05, 3.63) is 213 Å². The monoisotopic (exact) mass is 1630 g/mol. The second-order valence-corrected chi connectivity index (χ2v) is 31.3. The topological polar surface area (TPSA) is 328 Å². The minimum atomic E-state index is -1.18. The van der Waals surface area contributed by atoms with Crippen molar-refractivity contribution >= 4 is 63.2 Å². The average Bonchev–Trinajstić information content (AvgIpc) is 1.66. The van der Waals surface area contributed by atoms with Crippen LogP contribution in [0.5, 0.6) is 0 Å². The van der Waals surface area contributed by atoms with Gasteiger partial charge in [-0.15, -0.1) is 0 Å². The van der Waals surface area contributed by atoms with Gasteiger partial charge in [0.25, 0.3) is 17.7 Å². The number of aryl methyl sites for hydroxylation is 4. The van der Waals surface area contributed by atoms with E-state index in [0.717, 1.165) is 161 Å². The number of benzene rings is 4. The number of nitrogens with one attached hydrogen (secondary N) is 6. The van der Waals surface area contributed by atoms with E-state index in [1.807, 2.05) is 113 Å². The van der Waals surface area contributed by atoms with Gasteiger partial charge in [0.15, 0.2) is 11.3 Å². The summed E-state index contributed by atoms with van der Waals surface area (Å²) in [6.07, 6.45) is 11.1. The summed E-state index contributed by atoms with van der Waals surface area (Å²) in [6, 6.07) is 32.6. The summed E-state index contributed by atoms with van der Waals surface area (Å²) >= 11 is 0. The zero-order valence-electron chi connectivity index (χ0n) is 68.9. The number of rotatable bonds is 25. The molecule has 27 nitrogen and oxygen atoms in total. The molecule has 4 amide bonds. The lowest BCUT2D eigenvalue weighted by atomic mass is 10.00. The van der Waals surface area contributed by atoms with Gasteiger partial charge in [-0.2, -0.15) is 10.2 Å². The van der Waals surface area contributed by atoms with E-state index in [4.69, 9.17) is 35.0 Å². The fourth-order valence-electron chi connectivity index (χ4n) is 15.3. The Kier molecular flexibility index (Phi) is 30.9. The van der Waals surface area contributed by atoms with Gasteiger partial charge in [-0.3, -0.25) is 29.2 Å². The molecular weight excluding hydrogens is 1520 g/mol. The van der Waals surface area contributed by atoms with Crippen LogP contribution in [0.2, 0.25) is 0 Å². The molecule has 4 aromatic carbocycles. The van der Waals surface area contributed by atoms with Crippen molar-refractivity contribution in [1.29, 1.82) is 0 Å². The maximum Gasteiger partial charge on any atom is 0.410 e. The van der Waals surface area contributed by atoms with Crippen LogP contribution in [-0.4, -0.2) is 185 Å². The summed E-state index contributed by atoms with van der Waals surface area (Å²) in [4.78, 5) is 87.6. The Balaban J connectivity index is 0.000000186. The Morgan fingerprint density at radius 2 is 1.08 bits per heavy atom. The van der Waals surface area contributed by atoms with Crippen LogP contribution < -0.4 is 37.6 Å². The lowest BCUT2D eigenvalue weighted by Crippen LogP contribution is -2.54. The number of nitrogens with two attached hydrogens (primary N) is 1. The molecule has 14 rings (SSSR count). The van der Waals surface area contributed by atoms with Gasteiger partial charge in [0.05, 0.1) is 34.5 Å². The zero-order valence-corrected chi connectivity index (χ0v) is 68.9. The fourth-order valence-corrected chi connectivity index (χ4v) is 15.3. The maximum absolute atomic E-state index is 15.1. The van der Waals surface area contributed by atoms with Gasteiger partial charge in [0.2, 0.25) is 0 Å². The van der Waals surface area contributed by atoms with Gasteiger partial charge in [-0.25, -0.2) is 42.7 Å². The molecule has 4 aliphatic rings. The summed E-state index contributed by atoms with van der Waals surface area (Å²) < 4.78 is 49.9. The highest BCUT2D eigenvalue weighted by Gasteiger charge is 2.32. The Labute approximate surface area is 695 Å². The molecule has 4 aliphatic heterocycles. The number of amides is 4. The van der Waals surface area contributed by atoms with Crippen molar-refractivity contribution in [3.63, 3.8) is 0 Å². The number of fused-ring (bicyclic) bond motifs is 2. The largest absolute Gasteiger partial charge is 0.477 e. The van der Waals surface area contributed by atoms with Crippen molar-refractivity contribution in [2.45, 2.75) is 190 Å². The van der Waals surface area contributed by atoms with Crippen LogP contribution >= 0.6 is 0 Å². The number of carboxylic acid groups (broad SMARTS) is 1. The Morgan fingerprint density at radius 3 is 1.55 bits per heavy atom. The van der Waals surface area contributed by atoms with Gasteiger partial charge in [-0.05, 0) is 181 Å². The highest BCUT2D eigenvalue weighted by molar-refractivity contribution is 6.00. The van der Waals surface area contributed by atoms with Crippen LogP contribution in [0.4, 0.5) is 25.0 Å². The van der Waals surface area contributed by atoms with Crippen LogP contribution in [0.3, 0.4) is 0 Å². The second-order valence-electron chi connectivity index (χ2n) is 31.3. The van der Waals surface area contributed by atoms with Crippen LogP contribution in [-0.2, 0) is 79.4 Å². The number of carbonyl (C=O) groups is 5. The molecule has 4 fully saturated rings. The first kappa shape index (κ1) is 88.6. The standard InChI is InChI=1S/C42H50FN9O3.C24H32FN3O2.C23H28N6O4.CH4/c1-4-37-34(39(49-32-12-17-55-18-13-32)35-24-48-52(5-2)40(35)50-37)23-47-41(53)31-11-14-45-38(21-31)42(54)46-22-28-9-10-36(43)33(20-28)30-8-6-7-29(19-30)26-51-16-15-44-27(3)25-51;1-17-15-27(10-11-28(17)23(29)30-24(2,3)4)16-19-6-5-7-20(12-19)21-13-18(14-26)8-9-22(21)25;1-3-18-16(12-25-22(30)14-5-8-24-19(11-14)23(31)32)20(27-15-6-9-33-10-7-15)17-13-26-29(4-2)21(17)28-18;/h6-11,14,19-21,24,27,32,44H,4-5,12-13,15-18,22-23,25-26H2,1-3H3,(H,46,54)(H,47,53)(H,49,50);5-9,12-13,17H,10-11,14-16,26H2,1-4H3;5,8,11,13,15H,3-4,6-7,9-10,12H2,1-2H3,(H,25,30)(H,27,28)(H,31,32);1H4/t27-;17-;;/m00../s1. The van der Waals surface area contributed by atoms with Crippen molar-refractivity contribution in [2.75, 3.05) is 76.3 Å². The Bertz CT molecular complexity index is 5170. The smallest absolute Gasteiger partial charge is 0.410 e. The van der Waals surface area contributed by atoms with Crippen LogP contribution in [0.1, 0.15) is 182 Å². The van der Waals surface area contributed by atoms with E-state index in [9.17, 15) is 28.4 Å². The first-order valence-corrected chi connectivity index (χ1v) is 41.0. The number of carboxylic acids is 1. The molecule has 29 heteroatoms. The molecule has 0 bridgehead atoms. The number of piperazine rings is 2. The van der Waals surface area contributed by atoms with E-state index in [1.165, 1.54) is 42.7 Å². The number of halogens is 2. The summed E-state index contributed by atoms with van der Waals surface area (Å²) in [6.45, 7) is 29.9. The van der Waals surface area contributed by atoms with E-state index in [1.54, 1.807) is 29.2 Å². The lowest BCUT2D eigenvalue weighted by molar-refractivity contribution is 0.000505. The number of carbonyl (C=O) groups excluding carboxylic acids is 4. The molecule has 0 saturated carbocycles. The fraction of sp³-hybridized carbons (Fsp3) is 0.433. The number of pyridine rings is 4. The normalized spacial score (nSPS) is 16.2.